The van der Waals surface area contributed by atoms with E-state index in [1.807, 2.05) is 12.1 Å². The zero-order chi connectivity index (χ0) is 11.8. The fourth-order valence-corrected chi connectivity index (χ4v) is 3.62. The van der Waals surface area contributed by atoms with Crippen LogP contribution in [-0.4, -0.2) is 5.11 Å². The fourth-order valence-electron chi connectivity index (χ4n) is 2.37. The standard InChI is InChI=1S/C15H14OS/c1-10-8-12(16)9-15-13(10)7-6-11-4-2-3-5-14(11)17-15/h2-5,8-9,16H,6-7H2,1H3. The van der Waals surface area contributed by atoms with Crippen molar-refractivity contribution in [1.29, 1.82) is 0 Å². The van der Waals surface area contributed by atoms with E-state index in [1.54, 1.807) is 11.8 Å². The molecule has 0 saturated heterocycles. The monoisotopic (exact) mass is 242 g/mol. The van der Waals surface area contributed by atoms with Crippen LogP contribution < -0.4 is 0 Å². The van der Waals surface area contributed by atoms with Crippen LogP contribution in [-0.2, 0) is 12.8 Å². The van der Waals surface area contributed by atoms with Gasteiger partial charge in [0, 0.05) is 9.79 Å². The van der Waals surface area contributed by atoms with E-state index in [-0.39, 0.29) is 0 Å². The summed E-state index contributed by atoms with van der Waals surface area (Å²) in [6.07, 6.45) is 2.15. The Bertz CT molecular complexity index is 575. The molecule has 1 aliphatic heterocycles. The van der Waals surface area contributed by atoms with Crippen LogP contribution in [0.1, 0.15) is 16.7 Å². The molecule has 1 aliphatic rings. The van der Waals surface area contributed by atoms with Gasteiger partial charge < -0.3 is 5.11 Å². The summed E-state index contributed by atoms with van der Waals surface area (Å²) in [7, 11) is 0. The van der Waals surface area contributed by atoms with Crippen molar-refractivity contribution in [3.05, 3.63) is 53.1 Å². The van der Waals surface area contributed by atoms with Crippen molar-refractivity contribution in [2.75, 3.05) is 0 Å². The van der Waals surface area contributed by atoms with E-state index in [2.05, 4.69) is 31.2 Å². The molecule has 2 aromatic rings. The maximum atomic E-state index is 9.70. The first-order chi connectivity index (χ1) is 8.24. The molecule has 0 radical (unpaired) electrons. The summed E-state index contributed by atoms with van der Waals surface area (Å²) < 4.78 is 0. The van der Waals surface area contributed by atoms with Crippen molar-refractivity contribution in [3.63, 3.8) is 0 Å². The minimum absolute atomic E-state index is 0.369. The number of rotatable bonds is 0. The third-order valence-electron chi connectivity index (χ3n) is 3.25. The van der Waals surface area contributed by atoms with Crippen LogP contribution in [0.3, 0.4) is 0 Å². The Balaban J connectivity index is 2.14. The SMILES string of the molecule is Cc1cc(O)cc2c1CCc1ccccc1S2. The van der Waals surface area contributed by atoms with Crippen LogP contribution in [0.2, 0.25) is 0 Å². The molecule has 0 atom stereocenters. The zero-order valence-corrected chi connectivity index (χ0v) is 10.6. The fraction of sp³-hybridized carbons (Fsp3) is 0.200. The molecular weight excluding hydrogens is 228 g/mol. The molecule has 1 N–H and O–H groups in total. The highest BCUT2D eigenvalue weighted by atomic mass is 32.2. The number of hydrogen-bond donors (Lipinski definition) is 1. The lowest BCUT2D eigenvalue weighted by molar-refractivity contribution is 0.473. The van der Waals surface area contributed by atoms with E-state index < -0.39 is 0 Å². The third kappa shape index (κ3) is 1.93. The van der Waals surface area contributed by atoms with Crippen LogP contribution in [0, 0.1) is 6.92 Å². The number of benzene rings is 2. The zero-order valence-electron chi connectivity index (χ0n) is 9.73. The van der Waals surface area contributed by atoms with Gasteiger partial charge in [-0.3, -0.25) is 0 Å². The van der Waals surface area contributed by atoms with Crippen LogP contribution in [0.4, 0.5) is 0 Å². The van der Waals surface area contributed by atoms with Gasteiger partial charge in [-0.05, 0) is 54.7 Å². The van der Waals surface area contributed by atoms with Crippen LogP contribution >= 0.6 is 11.8 Å². The number of aromatic hydroxyl groups is 1. The molecule has 0 spiro atoms. The summed E-state index contributed by atoms with van der Waals surface area (Å²) in [6.45, 7) is 2.08. The number of phenols is 1. The highest BCUT2D eigenvalue weighted by molar-refractivity contribution is 7.99. The second-order valence-corrected chi connectivity index (χ2v) is 5.53. The topological polar surface area (TPSA) is 20.2 Å². The van der Waals surface area contributed by atoms with E-state index >= 15 is 0 Å². The average molecular weight is 242 g/mol. The Morgan fingerprint density at radius 1 is 1.06 bits per heavy atom. The summed E-state index contributed by atoms with van der Waals surface area (Å²) in [6, 6.07) is 12.3. The average Bonchev–Trinajstić information content (AvgIpc) is 2.47. The van der Waals surface area contributed by atoms with Gasteiger partial charge in [-0.2, -0.15) is 0 Å². The smallest absolute Gasteiger partial charge is 0.116 e. The lowest BCUT2D eigenvalue weighted by atomic mass is 10.0. The van der Waals surface area contributed by atoms with Gasteiger partial charge in [0.05, 0.1) is 0 Å². The summed E-state index contributed by atoms with van der Waals surface area (Å²) in [5.74, 6) is 0.369. The maximum Gasteiger partial charge on any atom is 0.116 e. The second kappa shape index (κ2) is 4.11. The molecule has 0 fully saturated rings. The van der Waals surface area contributed by atoms with Gasteiger partial charge in [0.25, 0.3) is 0 Å². The van der Waals surface area contributed by atoms with Crippen molar-refractivity contribution >= 4 is 11.8 Å². The minimum Gasteiger partial charge on any atom is -0.508 e. The molecule has 3 rings (SSSR count). The van der Waals surface area contributed by atoms with Gasteiger partial charge in [0.15, 0.2) is 0 Å². The number of fused-ring (bicyclic) bond motifs is 2. The Morgan fingerprint density at radius 3 is 2.76 bits per heavy atom. The Labute approximate surface area is 105 Å². The predicted molar refractivity (Wildman–Crippen MR) is 70.8 cm³/mol. The molecule has 2 aromatic carbocycles. The lowest BCUT2D eigenvalue weighted by Gasteiger charge is -2.09. The van der Waals surface area contributed by atoms with E-state index in [0.717, 1.165) is 12.8 Å². The van der Waals surface area contributed by atoms with Gasteiger partial charge >= 0.3 is 0 Å². The summed E-state index contributed by atoms with van der Waals surface area (Å²) in [5, 5.41) is 9.70. The molecule has 0 aliphatic carbocycles. The van der Waals surface area contributed by atoms with Gasteiger partial charge in [0.1, 0.15) is 5.75 Å². The number of aryl methyl sites for hydroxylation is 2. The lowest BCUT2D eigenvalue weighted by Crippen LogP contribution is -1.93. The Hall–Kier alpha value is -1.41. The molecule has 2 heteroatoms. The molecule has 0 aromatic heterocycles. The molecule has 86 valence electrons. The van der Waals surface area contributed by atoms with Crippen molar-refractivity contribution in [2.24, 2.45) is 0 Å². The van der Waals surface area contributed by atoms with Crippen LogP contribution in [0.15, 0.2) is 46.2 Å². The van der Waals surface area contributed by atoms with Crippen LogP contribution in [0.5, 0.6) is 5.75 Å². The first-order valence-corrected chi connectivity index (χ1v) is 6.64. The molecule has 1 heterocycles. The maximum absolute atomic E-state index is 9.70. The summed E-state index contributed by atoms with van der Waals surface area (Å²) in [5.41, 5.74) is 3.98. The molecule has 0 unspecified atom stereocenters. The predicted octanol–water partition coefficient (Wildman–Crippen LogP) is 3.95. The van der Waals surface area contributed by atoms with Gasteiger partial charge in [0.2, 0.25) is 0 Å². The molecule has 0 bridgehead atoms. The van der Waals surface area contributed by atoms with Crippen molar-refractivity contribution in [1.82, 2.24) is 0 Å². The number of hydrogen-bond acceptors (Lipinski definition) is 2. The third-order valence-corrected chi connectivity index (χ3v) is 4.46. The van der Waals surface area contributed by atoms with Gasteiger partial charge in [-0.25, -0.2) is 0 Å². The highest BCUT2D eigenvalue weighted by Gasteiger charge is 2.15. The largest absolute Gasteiger partial charge is 0.508 e. The molecular formula is C15H14OS. The van der Waals surface area contributed by atoms with Gasteiger partial charge in [-0.1, -0.05) is 30.0 Å². The number of phenolic OH excluding ortho intramolecular Hbond substituents is 1. The second-order valence-electron chi connectivity index (χ2n) is 4.45. The van der Waals surface area contributed by atoms with Crippen LogP contribution in [0.25, 0.3) is 0 Å². The highest BCUT2D eigenvalue weighted by Crippen LogP contribution is 2.39. The molecule has 17 heavy (non-hydrogen) atoms. The Morgan fingerprint density at radius 2 is 1.88 bits per heavy atom. The Kier molecular flexibility index (Phi) is 2.60. The molecule has 1 nitrogen and oxygen atoms in total. The van der Waals surface area contributed by atoms with Crippen molar-refractivity contribution < 1.29 is 5.11 Å². The van der Waals surface area contributed by atoms with E-state index in [4.69, 9.17) is 0 Å². The normalized spacial score (nSPS) is 13.7. The van der Waals surface area contributed by atoms with E-state index in [0.29, 0.717) is 5.75 Å². The minimum atomic E-state index is 0.369. The molecule has 0 amide bonds. The quantitative estimate of drug-likeness (QED) is 0.755. The van der Waals surface area contributed by atoms with Gasteiger partial charge in [-0.15, -0.1) is 0 Å². The van der Waals surface area contributed by atoms with Crippen molar-refractivity contribution in [3.8, 4) is 5.75 Å². The first-order valence-electron chi connectivity index (χ1n) is 5.82. The first kappa shape index (κ1) is 10.7. The summed E-state index contributed by atoms with van der Waals surface area (Å²) in [4.78, 5) is 2.52. The summed E-state index contributed by atoms with van der Waals surface area (Å²) >= 11 is 1.77. The van der Waals surface area contributed by atoms with E-state index in [9.17, 15) is 5.11 Å². The molecule has 0 saturated carbocycles. The van der Waals surface area contributed by atoms with E-state index in [1.165, 1.54) is 26.5 Å². The van der Waals surface area contributed by atoms with Crippen molar-refractivity contribution in [2.45, 2.75) is 29.6 Å².